The first kappa shape index (κ1) is 15.7. The number of aromatic hydroxyl groups is 1. The Labute approximate surface area is 116 Å². The number of thioether (sulfide) groups is 1. The van der Waals surface area contributed by atoms with Crippen LogP contribution in [0.15, 0.2) is 24.3 Å². The van der Waals surface area contributed by atoms with Crippen LogP contribution >= 0.6 is 11.8 Å². The van der Waals surface area contributed by atoms with E-state index in [2.05, 4.69) is 0 Å². The average molecular weight is 282 g/mol. The fraction of sp³-hybridized carbons (Fsp3) is 0.429. The van der Waals surface area contributed by atoms with Crippen LogP contribution < -0.4 is 0 Å². The summed E-state index contributed by atoms with van der Waals surface area (Å²) in [5.41, 5.74) is 0.884. The molecule has 0 heterocycles. The van der Waals surface area contributed by atoms with Gasteiger partial charge in [0.25, 0.3) is 0 Å². The minimum atomic E-state index is -0.466. The van der Waals surface area contributed by atoms with Gasteiger partial charge in [0.2, 0.25) is 0 Å². The van der Waals surface area contributed by atoms with E-state index >= 15 is 0 Å². The Morgan fingerprint density at radius 2 is 1.84 bits per heavy atom. The molecular weight excluding hydrogens is 264 g/mol. The lowest BCUT2D eigenvalue weighted by Crippen LogP contribution is -2.22. The minimum Gasteiger partial charge on any atom is -0.508 e. The first-order valence-corrected chi connectivity index (χ1v) is 6.91. The van der Waals surface area contributed by atoms with E-state index in [9.17, 15) is 14.7 Å². The Hall–Kier alpha value is -1.33. The van der Waals surface area contributed by atoms with Gasteiger partial charge >= 0.3 is 0 Å². The van der Waals surface area contributed by atoms with E-state index in [1.54, 1.807) is 31.2 Å². The van der Waals surface area contributed by atoms with Crippen LogP contribution in [-0.4, -0.2) is 33.0 Å². The van der Waals surface area contributed by atoms with Crippen molar-refractivity contribution in [2.45, 2.75) is 25.5 Å². The quantitative estimate of drug-likeness (QED) is 0.832. The van der Waals surface area contributed by atoms with E-state index in [-0.39, 0.29) is 23.3 Å². The number of phenolic OH excluding ortho intramolecular Hbond substituents is 1. The van der Waals surface area contributed by atoms with Crippen molar-refractivity contribution >= 4 is 22.7 Å². The molecule has 5 heteroatoms. The van der Waals surface area contributed by atoms with Gasteiger partial charge in [-0.2, -0.15) is 0 Å². The largest absolute Gasteiger partial charge is 0.508 e. The summed E-state index contributed by atoms with van der Waals surface area (Å²) in [6.45, 7) is 2.87. The van der Waals surface area contributed by atoms with E-state index in [0.29, 0.717) is 6.42 Å². The molecule has 0 aliphatic heterocycles. The number of ketones is 1. The third-order valence-electron chi connectivity index (χ3n) is 2.75. The van der Waals surface area contributed by atoms with Crippen molar-refractivity contribution in [2.75, 3.05) is 6.61 Å². The molecule has 2 unspecified atom stereocenters. The molecule has 0 spiro atoms. The Bertz CT molecular complexity index is 441. The van der Waals surface area contributed by atoms with Crippen LogP contribution in [0, 0.1) is 5.92 Å². The van der Waals surface area contributed by atoms with Crippen molar-refractivity contribution in [3.8, 4) is 5.75 Å². The van der Waals surface area contributed by atoms with Crippen LogP contribution in [0.25, 0.3) is 0 Å². The van der Waals surface area contributed by atoms with Crippen molar-refractivity contribution in [2.24, 2.45) is 5.92 Å². The van der Waals surface area contributed by atoms with Gasteiger partial charge in [-0.1, -0.05) is 30.8 Å². The normalized spacial score (nSPS) is 13.8. The number of phenols is 1. The van der Waals surface area contributed by atoms with Crippen molar-refractivity contribution in [1.82, 2.24) is 0 Å². The second kappa shape index (κ2) is 7.31. The van der Waals surface area contributed by atoms with Crippen LogP contribution in [0.3, 0.4) is 0 Å². The van der Waals surface area contributed by atoms with Crippen LogP contribution in [0.4, 0.5) is 0 Å². The molecule has 1 aromatic carbocycles. The summed E-state index contributed by atoms with van der Waals surface area (Å²) in [4.78, 5) is 23.3. The highest BCUT2D eigenvalue weighted by Gasteiger charge is 2.22. The lowest BCUT2D eigenvalue weighted by atomic mass is 10.1. The van der Waals surface area contributed by atoms with Gasteiger partial charge in [0.15, 0.2) is 5.12 Å². The van der Waals surface area contributed by atoms with Gasteiger partial charge < -0.3 is 10.2 Å². The molecule has 0 aliphatic carbocycles. The summed E-state index contributed by atoms with van der Waals surface area (Å²) < 4.78 is 0. The van der Waals surface area contributed by atoms with Gasteiger partial charge in [0.1, 0.15) is 11.5 Å². The molecule has 4 nitrogen and oxygen atoms in total. The number of carbonyl (C=O) groups is 2. The third-order valence-corrected chi connectivity index (χ3v) is 4.16. The highest BCUT2D eigenvalue weighted by atomic mass is 32.2. The summed E-state index contributed by atoms with van der Waals surface area (Å²) in [6.07, 6.45) is 0.435. The van der Waals surface area contributed by atoms with E-state index in [4.69, 9.17) is 5.11 Å². The Balaban J connectivity index is 2.71. The molecule has 0 saturated carbocycles. The molecular formula is C14H18O4S. The molecule has 19 heavy (non-hydrogen) atoms. The third kappa shape index (κ3) is 5.04. The Morgan fingerprint density at radius 3 is 2.32 bits per heavy atom. The Morgan fingerprint density at radius 1 is 1.26 bits per heavy atom. The summed E-state index contributed by atoms with van der Waals surface area (Å²) in [6, 6.07) is 6.56. The number of hydrogen-bond acceptors (Lipinski definition) is 5. The van der Waals surface area contributed by atoms with Crippen molar-refractivity contribution in [1.29, 1.82) is 0 Å². The maximum atomic E-state index is 11.7. The topological polar surface area (TPSA) is 74.6 Å². The van der Waals surface area contributed by atoms with Gasteiger partial charge in [0, 0.05) is 5.92 Å². The van der Waals surface area contributed by atoms with E-state index < -0.39 is 11.2 Å². The van der Waals surface area contributed by atoms with Crippen LogP contribution in [0.5, 0.6) is 5.75 Å². The fourth-order valence-corrected chi connectivity index (χ4v) is 2.47. The second-order valence-electron chi connectivity index (χ2n) is 4.49. The minimum absolute atomic E-state index is 0.0726. The lowest BCUT2D eigenvalue weighted by Gasteiger charge is -2.14. The average Bonchev–Trinajstić information content (AvgIpc) is 2.39. The van der Waals surface area contributed by atoms with Gasteiger partial charge in [-0.25, -0.2) is 0 Å². The maximum absolute atomic E-state index is 11.7. The molecule has 0 radical (unpaired) electrons. The van der Waals surface area contributed by atoms with Gasteiger partial charge in [-0.15, -0.1) is 0 Å². The first-order chi connectivity index (χ1) is 8.93. The summed E-state index contributed by atoms with van der Waals surface area (Å²) in [5.74, 6) is -0.371. The number of aliphatic hydroxyl groups excluding tert-OH is 1. The number of rotatable bonds is 6. The molecule has 104 valence electrons. The number of carbonyl (C=O) groups excluding carboxylic acids is 2. The van der Waals surface area contributed by atoms with Crippen molar-refractivity contribution < 1.29 is 19.8 Å². The second-order valence-corrected chi connectivity index (χ2v) is 5.70. The fourth-order valence-electron chi connectivity index (χ4n) is 1.45. The lowest BCUT2D eigenvalue weighted by molar-refractivity contribution is -0.118. The monoisotopic (exact) mass is 282 g/mol. The van der Waals surface area contributed by atoms with Gasteiger partial charge in [0.05, 0.1) is 11.9 Å². The van der Waals surface area contributed by atoms with Crippen molar-refractivity contribution in [3.05, 3.63) is 29.8 Å². The highest BCUT2D eigenvalue weighted by Crippen LogP contribution is 2.22. The molecule has 0 aliphatic rings. The molecule has 0 bridgehead atoms. The Kier molecular flexibility index (Phi) is 6.05. The SMILES string of the molecule is CC(=O)C(Cc1ccc(O)cc1)SC(=O)C(C)CO. The van der Waals surface area contributed by atoms with Gasteiger partial charge in [-0.05, 0) is 31.0 Å². The van der Waals surface area contributed by atoms with Crippen LogP contribution in [0.1, 0.15) is 19.4 Å². The van der Waals surface area contributed by atoms with Crippen LogP contribution in [-0.2, 0) is 16.0 Å². The van der Waals surface area contributed by atoms with E-state index in [0.717, 1.165) is 17.3 Å². The number of Topliss-reactive ketones (excluding diaryl/α,β-unsaturated/α-hetero) is 1. The van der Waals surface area contributed by atoms with Crippen LogP contribution in [0.2, 0.25) is 0 Å². The molecule has 2 atom stereocenters. The first-order valence-electron chi connectivity index (χ1n) is 6.03. The van der Waals surface area contributed by atoms with Crippen molar-refractivity contribution in [3.63, 3.8) is 0 Å². The predicted molar refractivity (Wildman–Crippen MR) is 75.1 cm³/mol. The smallest absolute Gasteiger partial charge is 0.194 e. The molecule has 0 aromatic heterocycles. The molecule has 0 saturated heterocycles. The molecule has 0 fully saturated rings. The number of benzene rings is 1. The predicted octanol–water partition coefficient (Wildman–Crippen LogP) is 1.78. The van der Waals surface area contributed by atoms with Gasteiger partial charge in [-0.3, -0.25) is 9.59 Å². The molecule has 0 amide bonds. The number of hydrogen-bond donors (Lipinski definition) is 2. The molecule has 1 aromatic rings. The van der Waals surface area contributed by atoms with E-state index in [1.165, 1.54) is 6.92 Å². The highest BCUT2D eigenvalue weighted by molar-refractivity contribution is 8.14. The zero-order valence-electron chi connectivity index (χ0n) is 11.0. The zero-order valence-corrected chi connectivity index (χ0v) is 11.8. The van der Waals surface area contributed by atoms with E-state index in [1.807, 2.05) is 0 Å². The molecule has 2 N–H and O–H groups in total. The maximum Gasteiger partial charge on any atom is 0.194 e. The number of aliphatic hydroxyl groups is 1. The summed E-state index contributed by atoms with van der Waals surface area (Å²) in [5, 5.41) is 17.5. The summed E-state index contributed by atoms with van der Waals surface area (Å²) in [7, 11) is 0. The molecule has 1 rings (SSSR count). The standard InChI is InChI=1S/C14H18O4S/c1-9(8-15)14(18)19-13(10(2)16)7-11-3-5-12(17)6-4-11/h3-6,9,13,15,17H,7-8H2,1-2H3. The zero-order chi connectivity index (χ0) is 14.4. The summed E-state index contributed by atoms with van der Waals surface area (Å²) >= 11 is 0.974.